The first-order valence-electron chi connectivity index (χ1n) is 15.4. The maximum atomic E-state index is 11.9. The third kappa shape index (κ3) is 3.36. The number of rotatable bonds is 6. The minimum absolute atomic E-state index is 0.0954. The Morgan fingerprint density at radius 1 is 0.917 bits per heavy atom. The molecule has 0 aliphatic heterocycles. The summed E-state index contributed by atoms with van der Waals surface area (Å²) in [7, 11) is 0. The number of carbonyl (C=O) groups excluding carboxylic acids is 1. The number of esters is 1. The van der Waals surface area contributed by atoms with Gasteiger partial charge in [0.1, 0.15) is 6.10 Å². The molecule has 0 N–H and O–H groups in total. The molecule has 36 heavy (non-hydrogen) atoms. The van der Waals surface area contributed by atoms with E-state index >= 15 is 0 Å². The van der Waals surface area contributed by atoms with Gasteiger partial charge in [-0.2, -0.15) is 0 Å². The van der Waals surface area contributed by atoms with Gasteiger partial charge in [-0.3, -0.25) is 4.79 Å². The van der Waals surface area contributed by atoms with Crippen molar-refractivity contribution in [1.82, 2.24) is 0 Å². The summed E-state index contributed by atoms with van der Waals surface area (Å²) in [6, 6.07) is 0. The molecule has 0 heterocycles. The van der Waals surface area contributed by atoms with Gasteiger partial charge in [0, 0.05) is 12.3 Å². The number of allylic oxidation sites excluding steroid dienone is 1. The Balaban J connectivity index is 1.37. The summed E-state index contributed by atoms with van der Waals surface area (Å²) >= 11 is 0. The number of hydrogen-bond donors (Lipinski definition) is 0. The summed E-state index contributed by atoms with van der Waals surface area (Å²) in [5, 5.41) is 0. The van der Waals surface area contributed by atoms with E-state index in [9.17, 15) is 4.79 Å². The van der Waals surface area contributed by atoms with E-state index in [2.05, 4.69) is 62.0 Å². The van der Waals surface area contributed by atoms with Gasteiger partial charge >= 0.3 is 5.97 Å². The fourth-order valence-electron chi connectivity index (χ4n) is 11.7. The topological polar surface area (TPSA) is 26.3 Å². The molecule has 2 heteroatoms. The van der Waals surface area contributed by atoms with Crippen LogP contribution in [0, 0.1) is 56.2 Å². The molecule has 9 unspecified atom stereocenters. The van der Waals surface area contributed by atoms with Crippen LogP contribution in [-0.4, -0.2) is 12.1 Å². The molecule has 0 radical (unpaired) electrons. The second-order valence-electron chi connectivity index (χ2n) is 16.3. The quantitative estimate of drug-likeness (QED) is 0.270. The van der Waals surface area contributed by atoms with Crippen LogP contribution < -0.4 is 0 Å². The highest BCUT2D eigenvalue weighted by molar-refractivity contribution is 5.66. The van der Waals surface area contributed by atoms with Crippen molar-refractivity contribution in [2.24, 2.45) is 56.2 Å². The van der Waals surface area contributed by atoms with Gasteiger partial charge in [-0.1, -0.05) is 60.6 Å². The highest BCUT2D eigenvalue weighted by Gasteiger charge is 2.82. The second kappa shape index (κ2) is 8.11. The van der Waals surface area contributed by atoms with Crippen molar-refractivity contribution in [1.29, 1.82) is 0 Å². The molecule has 0 aromatic heterocycles. The van der Waals surface area contributed by atoms with Crippen molar-refractivity contribution in [2.75, 3.05) is 0 Å². The molecule has 2 nitrogen and oxygen atoms in total. The maximum Gasteiger partial charge on any atom is 0.302 e. The Morgan fingerprint density at radius 3 is 2.19 bits per heavy atom. The van der Waals surface area contributed by atoms with E-state index in [0.29, 0.717) is 27.6 Å². The fourth-order valence-corrected chi connectivity index (χ4v) is 11.7. The highest BCUT2D eigenvalue weighted by atomic mass is 16.5. The van der Waals surface area contributed by atoms with Crippen LogP contribution in [0.25, 0.3) is 0 Å². The maximum absolute atomic E-state index is 11.9. The van der Waals surface area contributed by atoms with E-state index in [1.54, 1.807) is 6.92 Å². The van der Waals surface area contributed by atoms with E-state index in [1.807, 2.05) is 0 Å². The molecule has 0 bridgehead atoms. The molecule has 204 valence electrons. The lowest BCUT2D eigenvalue weighted by Gasteiger charge is -2.63. The highest BCUT2D eigenvalue weighted by Crippen LogP contribution is 2.89. The summed E-state index contributed by atoms with van der Waals surface area (Å²) in [5.41, 5.74) is 3.75. The normalized spacial score (nSPS) is 47.6. The first-order valence-corrected chi connectivity index (χ1v) is 15.4. The van der Waals surface area contributed by atoms with E-state index in [-0.39, 0.29) is 22.9 Å². The predicted octanol–water partition coefficient (Wildman–Crippen LogP) is 9.38. The van der Waals surface area contributed by atoms with Gasteiger partial charge in [0.15, 0.2) is 0 Å². The van der Waals surface area contributed by atoms with Crippen molar-refractivity contribution in [3.63, 3.8) is 0 Å². The van der Waals surface area contributed by atoms with Gasteiger partial charge in [-0.05, 0) is 128 Å². The molecule has 9 atom stereocenters. The zero-order chi connectivity index (χ0) is 26.5. The number of fused-ring (bicyclic) bond motifs is 2. The van der Waals surface area contributed by atoms with Gasteiger partial charge < -0.3 is 4.74 Å². The second-order valence-corrected chi connectivity index (χ2v) is 16.3. The summed E-state index contributed by atoms with van der Waals surface area (Å²) in [6.07, 6.45) is 15.0. The van der Waals surface area contributed by atoms with Gasteiger partial charge in [0.05, 0.1) is 0 Å². The van der Waals surface area contributed by atoms with Crippen molar-refractivity contribution in [2.45, 2.75) is 139 Å². The number of ether oxygens (including phenoxy) is 1. The minimum atomic E-state index is -0.0954. The molecule has 0 amide bonds. The Kier molecular flexibility index (Phi) is 6.04. The molecule has 5 saturated carbocycles. The van der Waals surface area contributed by atoms with E-state index < -0.39 is 0 Å². The Hall–Kier alpha value is -0.790. The van der Waals surface area contributed by atoms with E-state index in [1.165, 1.54) is 69.8 Å². The van der Waals surface area contributed by atoms with Crippen LogP contribution in [0.2, 0.25) is 0 Å². The van der Waals surface area contributed by atoms with Crippen LogP contribution in [-0.2, 0) is 9.53 Å². The Bertz CT molecular complexity index is 929. The van der Waals surface area contributed by atoms with Gasteiger partial charge in [-0.25, -0.2) is 0 Å². The number of hydrogen-bond acceptors (Lipinski definition) is 2. The van der Waals surface area contributed by atoms with Crippen LogP contribution in [0.15, 0.2) is 12.2 Å². The van der Waals surface area contributed by atoms with Crippen LogP contribution in [0.5, 0.6) is 0 Å². The van der Waals surface area contributed by atoms with Gasteiger partial charge in [0.2, 0.25) is 0 Å². The van der Waals surface area contributed by atoms with Crippen molar-refractivity contribution < 1.29 is 9.53 Å². The minimum Gasteiger partial charge on any atom is -0.462 e. The zero-order valence-corrected chi connectivity index (χ0v) is 25.2. The molecule has 5 rings (SSSR count). The molecular weight excluding hydrogens is 440 g/mol. The first kappa shape index (κ1) is 26.8. The third-order valence-electron chi connectivity index (χ3n) is 14.5. The van der Waals surface area contributed by atoms with E-state index in [0.717, 1.165) is 24.2 Å². The molecule has 0 aromatic rings. The van der Waals surface area contributed by atoms with Gasteiger partial charge in [0.25, 0.3) is 0 Å². The van der Waals surface area contributed by atoms with Crippen molar-refractivity contribution >= 4 is 5.97 Å². The predicted molar refractivity (Wildman–Crippen MR) is 149 cm³/mol. The SMILES string of the molecule is C=C(C)C(C)(C)CCC(C)C1CCC2(C)C3CCC4C(C)(C)C(OC(C)=O)CCC45CC35CCC12C. The lowest BCUT2D eigenvalue weighted by Crippen LogP contribution is -2.58. The lowest BCUT2D eigenvalue weighted by atomic mass is 9.41. The van der Waals surface area contributed by atoms with Crippen LogP contribution in [0.3, 0.4) is 0 Å². The Morgan fingerprint density at radius 2 is 1.56 bits per heavy atom. The van der Waals surface area contributed by atoms with Crippen molar-refractivity contribution in [3.8, 4) is 0 Å². The largest absolute Gasteiger partial charge is 0.462 e. The third-order valence-corrected chi connectivity index (χ3v) is 14.5. The fraction of sp³-hybridized carbons (Fsp3) is 0.912. The molecule has 0 saturated heterocycles. The average Bonchev–Trinajstić information content (AvgIpc) is 3.36. The van der Waals surface area contributed by atoms with Crippen LogP contribution in [0.4, 0.5) is 0 Å². The molecule has 2 spiro atoms. The molecule has 5 fully saturated rings. The smallest absolute Gasteiger partial charge is 0.302 e. The van der Waals surface area contributed by atoms with Gasteiger partial charge in [-0.15, -0.1) is 0 Å². The van der Waals surface area contributed by atoms with E-state index in [4.69, 9.17) is 4.74 Å². The summed E-state index contributed by atoms with van der Waals surface area (Å²) in [6.45, 7) is 25.7. The number of carbonyl (C=O) groups is 1. The van der Waals surface area contributed by atoms with Crippen LogP contribution in [0.1, 0.15) is 133 Å². The molecule has 5 aliphatic rings. The summed E-state index contributed by atoms with van der Waals surface area (Å²) in [5.74, 6) is 3.18. The lowest BCUT2D eigenvalue weighted by molar-refractivity contribution is -0.181. The monoisotopic (exact) mass is 496 g/mol. The summed E-state index contributed by atoms with van der Waals surface area (Å²) in [4.78, 5) is 11.9. The zero-order valence-electron chi connectivity index (χ0n) is 25.2. The van der Waals surface area contributed by atoms with Crippen molar-refractivity contribution in [3.05, 3.63) is 12.2 Å². The standard InChI is InChI=1S/C34H56O2/c1-22(2)29(5,6)16-13-23(3)25-14-17-32(10)27-12-11-26-30(7,8)28(36-24(4)35)15-18-33(26)21-34(27,33)20-19-31(25,32)9/h23,25-28H,1,11-21H2,2-10H3. The first-order chi connectivity index (χ1) is 16.6. The molecule has 5 aliphatic carbocycles. The Labute approximate surface area is 222 Å². The summed E-state index contributed by atoms with van der Waals surface area (Å²) < 4.78 is 5.92. The molecular formula is C34H56O2. The molecule has 0 aromatic carbocycles. The average molecular weight is 497 g/mol. The van der Waals surface area contributed by atoms with Crippen LogP contribution >= 0.6 is 0 Å².